The summed E-state index contributed by atoms with van der Waals surface area (Å²) >= 11 is 3.23. The number of carbonyl (C=O) groups excluding carboxylic acids is 1. The van der Waals surface area contributed by atoms with Crippen molar-refractivity contribution in [1.82, 2.24) is 4.98 Å². The van der Waals surface area contributed by atoms with Gasteiger partial charge in [-0.05, 0) is 46.1 Å². The van der Waals surface area contributed by atoms with Crippen molar-refractivity contribution in [1.29, 1.82) is 0 Å². The van der Waals surface area contributed by atoms with E-state index >= 15 is 0 Å². The molecular formula is C15H14BrFN2O. The predicted octanol–water partition coefficient (Wildman–Crippen LogP) is 3.80. The minimum absolute atomic E-state index is 0.155. The zero-order chi connectivity index (χ0) is 14.5. The Hall–Kier alpha value is -1.75. The van der Waals surface area contributed by atoms with Crippen LogP contribution in [0.5, 0.6) is 0 Å². The average molecular weight is 337 g/mol. The van der Waals surface area contributed by atoms with Gasteiger partial charge in [-0.15, -0.1) is 0 Å². The fourth-order valence-electron chi connectivity index (χ4n) is 1.80. The molecule has 0 aliphatic rings. The summed E-state index contributed by atoms with van der Waals surface area (Å²) in [5, 5.41) is 2.76. The van der Waals surface area contributed by atoms with Crippen molar-refractivity contribution in [2.75, 3.05) is 5.32 Å². The lowest BCUT2D eigenvalue weighted by Gasteiger charge is -2.12. The van der Waals surface area contributed by atoms with Gasteiger partial charge in [-0.25, -0.2) is 9.37 Å². The van der Waals surface area contributed by atoms with Crippen molar-refractivity contribution in [3.8, 4) is 0 Å². The van der Waals surface area contributed by atoms with E-state index < -0.39 is 0 Å². The Bertz CT molecular complexity index is 601. The summed E-state index contributed by atoms with van der Waals surface area (Å²) in [7, 11) is 0. The minimum Gasteiger partial charge on any atom is -0.324 e. The van der Waals surface area contributed by atoms with Gasteiger partial charge in [0.2, 0.25) is 5.91 Å². The Kier molecular flexibility index (Phi) is 4.84. The summed E-state index contributed by atoms with van der Waals surface area (Å²) in [6, 6.07) is 10.00. The fraction of sp³-hybridized carbons (Fsp3) is 0.200. The lowest BCUT2D eigenvalue weighted by atomic mass is 10.00. The molecule has 20 heavy (non-hydrogen) atoms. The van der Waals surface area contributed by atoms with Gasteiger partial charge in [-0.2, -0.15) is 0 Å². The first-order chi connectivity index (χ1) is 9.56. The van der Waals surface area contributed by atoms with Crippen LogP contribution in [0, 0.1) is 11.7 Å². The van der Waals surface area contributed by atoms with E-state index in [1.54, 1.807) is 43.5 Å². The molecule has 0 fully saturated rings. The van der Waals surface area contributed by atoms with Crippen LogP contribution in [0.1, 0.15) is 12.5 Å². The summed E-state index contributed by atoms with van der Waals surface area (Å²) in [6.07, 6.45) is 1.93. The van der Waals surface area contributed by atoms with Crippen LogP contribution in [-0.2, 0) is 11.2 Å². The highest BCUT2D eigenvalue weighted by Gasteiger charge is 2.15. The topological polar surface area (TPSA) is 42.0 Å². The zero-order valence-corrected chi connectivity index (χ0v) is 12.5. The fourth-order valence-corrected chi connectivity index (χ4v) is 2.04. The maximum absolute atomic E-state index is 13.5. The summed E-state index contributed by atoms with van der Waals surface area (Å²) in [5.41, 5.74) is 1.17. The van der Waals surface area contributed by atoms with E-state index in [0.29, 0.717) is 22.3 Å². The Balaban J connectivity index is 1.99. The zero-order valence-electron chi connectivity index (χ0n) is 10.9. The van der Waals surface area contributed by atoms with Crippen LogP contribution in [0.3, 0.4) is 0 Å². The number of hydrogen-bond donors (Lipinski definition) is 1. The molecule has 0 saturated carbocycles. The van der Waals surface area contributed by atoms with Crippen LogP contribution < -0.4 is 5.32 Å². The molecule has 1 amide bonds. The van der Waals surface area contributed by atoms with Crippen molar-refractivity contribution in [2.24, 2.45) is 5.92 Å². The van der Waals surface area contributed by atoms with Crippen LogP contribution in [-0.4, -0.2) is 10.9 Å². The van der Waals surface area contributed by atoms with E-state index in [2.05, 4.69) is 26.2 Å². The first kappa shape index (κ1) is 14.7. The van der Waals surface area contributed by atoms with Crippen LogP contribution in [0.2, 0.25) is 0 Å². The second kappa shape index (κ2) is 6.61. The van der Waals surface area contributed by atoms with Crippen molar-refractivity contribution < 1.29 is 9.18 Å². The van der Waals surface area contributed by atoms with Gasteiger partial charge < -0.3 is 5.32 Å². The number of amides is 1. The molecular weight excluding hydrogens is 323 g/mol. The summed E-state index contributed by atoms with van der Waals surface area (Å²) in [5.74, 6) is -0.759. The maximum atomic E-state index is 13.5. The van der Waals surface area contributed by atoms with Gasteiger partial charge in [0.25, 0.3) is 0 Å². The van der Waals surface area contributed by atoms with Crippen LogP contribution in [0.4, 0.5) is 10.1 Å². The summed E-state index contributed by atoms with van der Waals surface area (Å²) in [6.45, 7) is 1.77. The van der Waals surface area contributed by atoms with Gasteiger partial charge in [0, 0.05) is 5.92 Å². The molecule has 1 unspecified atom stereocenters. The van der Waals surface area contributed by atoms with E-state index in [1.807, 2.05) is 0 Å². The normalized spacial score (nSPS) is 11.9. The first-order valence-corrected chi connectivity index (χ1v) is 7.01. The van der Waals surface area contributed by atoms with Gasteiger partial charge in [0.1, 0.15) is 10.4 Å². The molecule has 5 heteroatoms. The highest BCUT2D eigenvalue weighted by molar-refractivity contribution is 9.10. The van der Waals surface area contributed by atoms with E-state index in [4.69, 9.17) is 0 Å². The Morgan fingerprint density at radius 3 is 2.75 bits per heavy atom. The molecule has 1 heterocycles. The lowest BCUT2D eigenvalue weighted by Crippen LogP contribution is -2.22. The third-order valence-electron chi connectivity index (χ3n) is 2.93. The van der Waals surface area contributed by atoms with Crippen molar-refractivity contribution in [3.63, 3.8) is 0 Å². The molecule has 1 N–H and O–H groups in total. The summed E-state index contributed by atoms with van der Waals surface area (Å²) in [4.78, 5) is 16.1. The van der Waals surface area contributed by atoms with E-state index in [-0.39, 0.29) is 17.6 Å². The number of carbonyl (C=O) groups is 1. The third-order valence-corrected chi connectivity index (χ3v) is 3.40. The number of pyridine rings is 1. The number of halogens is 2. The van der Waals surface area contributed by atoms with Crippen LogP contribution >= 0.6 is 15.9 Å². The molecule has 1 aromatic heterocycles. The molecule has 104 valence electrons. The van der Waals surface area contributed by atoms with Gasteiger partial charge in [0.05, 0.1) is 11.9 Å². The lowest BCUT2D eigenvalue weighted by molar-refractivity contribution is -0.119. The second-order valence-electron chi connectivity index (χ2n) is 4.56. The molecule has 1 aromatic carbocycles. The number of benzene rings is 1. The predicted molar refractivity (Wildman–Crippen MR) is 79.8 cm³/mol. The number of nitrogens with zero attached hydrogens (tertiary/aromatic N) is 1. The molecule has 0 spiro atoms. The first-order valence-electron chi connectivity index (χ1n) is 6.22. The molecule has 2 aromatic rings. The molecule has 0 bridgehead atoms. The van der Waals surface area contributed by atoms with E-state index in [1.165, 1.54) is 6.07 Å². The van der Waals surface area contributed by atoms with Crippen molar-refractivity contribution >= 4 is 27.5 Å². The van der Waals surface area contributed by atoms with Gasteiger partial charge in [-0.1, -0.05) is 25.1 Å². The Labute approximate surface area is 125 Å². The van der Waals surface area contributed by atoms with E-state index in [0.717, 1.165) is 0 Å². The minimum atomic E-state index is -0.324. The highest BCUT2D eigenvalue weighted by atomic mass is 79.9. The largest absolute Gasteiger partial charge is 0.324 e. The molecule has 1 atom stereocenters. The molecule has 0 aliphatic carbocycles. The SMILES string of the molecule is CC(Cc1ccccc1F)C(=O)Nc1ccc(Br)nc1. The quantitative estimate of drug-likeness (QED) is 0.863. The van der Waals surface area contributed by atoms with Crippen molar-refractivity contribution in [2.45, 2.75) is 13.3 Å². The Morgan fingerprint density at radius 2 is 2.10 bits per heavy atom. The third kappa shape index (κ3) is 3.87. The standard InChI is InChI=1S/C15H14BrFN2O/c1-10(8-11-4-2-3-5-13(11)17)15(20)19-12-6-7-14(16)18-9-12/h2-7,9-10H,8H2,1H3,(H,19,20). The number of rotatable bonds is 4. The van der Waals surface area contributed by atoms with Gasteiger partial charge in [0.15, 0.2) is 0 Å². The molecule has 0 saturated heterocycles. The molecule has 0 radical (unpaired) electrons. The van der Waals surface area contributed by atoms with Crippen LogP contribution in [0.25, 0.3) is 0 Å². The van der Waals surface area contributed by atoms with E-state index in [9.17, 15) is 9.18 Å². The van der Waals surface area contributed by atoms with Gasteiger partial charge in [-0.3, -0.25) is 4.79 Å². The molecule has 2 rings (SSSR count). The number of anilines is 1. The number of nitrogens with one attached hydrogen (secondary N) is 1. The maximum Gasteiger partial charge on any atom is 0.227 e. The number of hydrogen-bond acceptors (Lipinski definition) is 2. The second-order valence-corrected chi connectivity index (χ2v) is 5.37. The van der Waals surface area contributed by atoms with Crippen molar-refractivity contribution in [3.05, 3.63) is 58.6 Å². The van der Waals surface area contributed by atoms with Gasteiger partial charge >= 0.3 is 0 Å². The average Bonchev–Trinajstić information content (AvgIpc) is 2.44. The number of aromatic nitrogens is 1. The Morgan fingerprint density at radius 1 is 1.35 bits per heavy atom. The summed E-state index contributed by atoms with van der Waals surface area (Å²) < 4.78 is 14.2. The van der Waals surface area contributed by atoms with Crippen LogP contribution in [0.15, 0.2) is 47.2 Å². The highest BCUT2D eigenvalue weighted by Crippen LogP contribution is 2.15. The smallest absolute Gasteiger partial charge is 0.227 e. The molecule has 0 aliphatic heterocycles. The molecule has 3 nitrogen and oxygen atoms in total. The monoisotopic (exact) mass is 336 g/mol.